The fourth-order valence-corrected chi connectivity index (χ4v) is 5.37. The van der Waals surface area contributed by atoms with Gasteiger partial charge in [-0.3, -0.25) is 4.40 Å². The first-order chi connectivity index (χ1) is 12.4. The Hall–Kier alpha value is -1.85. The van der Waals surface area contributed by atoms with E-state index in [4.69, 9.17) is 15.5 Å². The molecule has 1 unspecified atom stereocenters. The van der Waals surface area contributed by atoms with Crippen molar-refractivity contribution < 1.29 is 4.74 Å². The van der Waals surface area contributed by atoms with Gasteiger partial charge in [0.05, 0.1) is 18.5 Å². The van der Waals surface area contributed by atoms with Crippen molar-refractivity contribution in [3.63, 3.8) is 0 Å². The summed E-state index contributed by atoms with van der Waals surface area (Å²) in [5.74, 6) is 1.57. The van der Waals surface area contributed by atoms with Gasteiger partial charge in [0.1, 0.15) is 5.75 Å². The summed E-state index contributed by atoms with van der Waals surface area (Å²) in [7, 11) is 1.70. The molecule has 4 nitrogen and oxygen atoms in total. The SMILES string of the molecule is COc1ccccc1-c1nc2sc3c(n2c1CN)CCC(C(C)(C)C)C3. The minimum atomic E-state index is 0.350. The highest BCUT2D eigenvalue weighted by Gasteiger charge is 2.32. The molecule has 2 aromatic heterocycles. The third-order valence-electron chi connectivity index (χ3n) is 5.69. The molecule has 0 aliphatic heterocycles. The summed E-state index contributed by atoms with van der Waals surface area (Å²) in [4.78, 5) is 7.52. The predicted octanol–water partition coefficient (Wildman–Crippen LogP) is 4.68. The van der Waals surface area contributed by atoms with Crippen LogP contribution in [0.3, 0.4) is 0 Å². The molecule has 2 heterocycles. The van der Waals surface area contributed by atoms with Gasteiger partial charge in [-0.05, 0) is 42.7 Å². The van der Waals surface area contributed by atoms with Gasteiger partial charge in [-0.15, -0.1) is 11.3 Å². The van der Waals surface area contributed by atoms with E-state index in [1.165, 1.54) is 17.0 Å². The normalized spacial score (nSPS) is 17.5. The summed E-state index contributed by atoms with van der Waals surface area (Å²) in [6, 6.07) is 8.05. The molecule has 0 bridgehead atoms. The maximum Gasteiger partial charge on any atom is 0.194 e. The highest BCUT2D eigenvalue weighted by atomic mass is 32.1. The van der Waals surface area contributed by atoms with Crippen molar-refractivity contribution >= 4 is 16.3 Å². The van der Waals surface area contributed by atoms with Crippen molar-refractivity contribution in [3.05, 3.63) is 40.5 Å². The van der Waals surface area contributed by atoms with Crippen LogP contribution in [-0.4, -0.2) is 16.5 Å². The van der Waals surface area contributed by atoms with Gasteiger partial charge in [0.25, 0.3) is 0 Å². The summed E-state index contributed by atoms with van der Waals surface area (Å²) in [6.45, 7) is 7.53. The molecule has 0 saturated heterocycles. The molecular formula is C21H27N3OS. The van der Waals surface area contributed by atoms with Crippen LogP contribution >= 0.6 is 11.3 Å². The second-order valence-electron chi connectivity index (χ2n) is 8.21. The van der Waals surface area contributed by atoms with E-state index < -0.39 is 0 Å². The Morgan fingerprint density at radius 1 is 1.31 bits per heavy atom. The zero-order valence-corrected chi connectivity index (χ0v) is 16.8. The predicted molar refractivity (Wildman–Crippen MR) is 108 cm³/mol. The first-order valence-electron chi connectivity index (χ1n) is 9.29. The van der Waals surface area contributed by atoms with E-state index >= 15 is 0 Å². The monoisotopic (exact) mass is 369 g/mol. The number of aromatic nitrogens is 2. The number of ether oxygens (including phenoxy) is 1. The Morgan fingerprint density at radius 2 is 2.08 bits per heavy atom. The number of para-hydroxylation sites is 1. The standard InChI is InChI=1S/C21H27N3OS/c1-21(2,3)13-9-10-15-18(11-13)26-20-23-19(16(12-22)24(15)20)14-7-5-6-8-17(14)25-4/h5-8,13H,9-12,22H2,1-4H3. The molecule has 0 saturated carbocycles. The molecule has 1 aliphatic rings. The van der Waals surface area contributed by atoms with Gasteiger partial charge in [-0.2, -0.15) is 0 Å². The summed E-state index contributed by atoms with van der Waals surface area (Å²) < 4.78 is 7.87. The minimum Gasteiger partial charge on any atom is -0.496 e. The third kappa shape index (κ3) is 2.74. The zero-order valence-electron chi connectivity index (χ0n) is 16.0. The first-order valence-corrected chi connectivity index (χ1v) is 10.1. The van der Waals surface area contributed by atoms with Crippen molar-refractivity contribution in [3.8, 4) is 17.0 Å². The molecule has 26 heavy (non-hydrogen) atoms. The fourth-order valence-electron chi connectivity index (χ4n) is 4.10. The highest BCUT2D eigenvalue weighted by molar-refractivity contribution is 7.17. The van der Waals surface area contributed by atoms with Crippen LogP contribution in [0.2, 0.25) is 0 Å². The van der Waals surface area contributed by atoms with Gasteiger partial charge in [-0.25, -0.2) is 4.98 Å². The molecule has 0 fully saturated rings. The molecule has 1 aromatic carbocycles. The minimum absolute atomic E-state index is 0.350. The van der Waals surface area contributed by atoms with E-state index in [9.17, 15) is 0 Å². The lowest BCUT2D eigenvalue weighted by Crippen LogP contribution is -2.26. The van der Waals surface area contributed by atoms with Crippen LogP contribution < -0.4 is 10.5 Å². The van der Waals surface area contributed by atoms with Crippen LogP contribution in [0.4, 0.5) is 0 Å². The van der Waals surface area contributed by atoms with Crippen LogP contribution in [0, 0.1) is 11.3 Å². The van der Waals surface area contributed by atoms with Gasteiger partial charge < -0.3 is 10.5 Å². The average molecular weight is 370 g/mol. The molecule has 4 rings (SSSR count). The van der Waals surface area contributed by atoms with Gasteiger partial charge in [0.2, 0.25) is 0 Å². The quantitative estimate of drug-likeness (QED) is 0.729. The molecule has 1 atom stereocenters. The van der Waals surface area contributed by atoms with Gasteiger partial charge in [0.15, 0.2) is 4.96 Å². The summed E-state index contributed by atoms with van der Waals surface area (Å²) in [5, 5.41) is 0. The summed E-state index contributed by atoms with van der Waals surface area (Å²) in [5.41, 5.74) is 11.0. The topological polar surface area (TPSA) is 52.5 Å². The van der Waals surface area contributed by atoms with Gasteiger partial charge in [0, 0.05) is 22.7 Å². The average Bonchev–Trinajstić information content (AvgIpc) is 3.15. The maximum absolute atomic E-state index is 6.18. The van der Waals surface area contributed by atoms with Crippen LogP contribution in [0.25, 0.3) is 16.2 Å². The Bertz CT molecular complexity index is 948. The number of nitrogens with two attached hydrogens (primary N) is 1. The zero-order chi connectivity index (χ0) is 18.5. The van der Waals surface area contributed by atoms with E-state index in [1.54, 1.807) is 7.11 Å². The Labute approximate surface area is 159 Å². The van der Waals surface area contributed by atoms with E-state index in [0.29, 0.717) is 12.0 Å². The first kappa shape index (κ1) is 17.6. The van der Waals surface area contributed by atoms with Crippen LogP contribution in [0.1, 0.15) is 43.5 Å². The smallest absolute Gasteiger partial charge is 0.194 e. The number of aryl methyl sites for hydroxylation is 1. The van der Waals surface area contributed by atoms with Gasteiger partial charge in [-0.1, -0.05) is 32.9 Å². The van der Waals surface area contributed by atoms with E-state index in [2.05, 4.69) is 31.2 Å². The molecule has 2 N–H and O–H groups in total. The lowest BCUT2D eigenvalue weighted by atomic mass is 9.73. The number of imidazole rings is 1. The van der Waals surface area contributed by atoms with Crippen LogP contribution in [0.5, 0.6) is 5.75 Å². The Balaban J connectivity index is 1.84. The molecule has 138 valence electrons. The van der Waals surface area contributed by atoms with Crippen molar-refractivity contribution in [1.82, 2.24) is 9.38 Å². The Morgan fingerprint density at radius 3 is 2.77 bits per heavy atom. The number of fused-ring (bicyclic) bond motifs is 3. The highest BCUT2D eigenvalue weighted by Crippen LogP contribution is 2.42. The second-order valence-corrected chi connectivity index (χ2v) is 9.27. The fraction of sp³-hybridized carbons (Fsp3) is 0.476. The Kier molecular flexibility index (Phi) is 4.32. The van der Waals surface area contributed by atoms with Crippen molar-refractivity contribution in [1.29, 1.82) is 0 Å². The molecule has 0 amide bonds. The second kappa shape index (κ2) is 6.39. The number of rotatable bonds is 3. The largest absolute Gasteiger partial charge is 0.496 e. The molecule has 3 aromatic rings. The number of hydrogen-bond donors (Lipinski definition) is 1. The summed E-state index contributed by atoms with van der Waals surface area (Å²) in [6.07, 6.45) is 3.49. The van der Waals surface area contributed by atoms with Crippen LogP contribution in [0.15, 0.2) is 24.3 Å². The number of thiazole rings is 1. The van der Waals surface area contributed by atoms with Gasteiger partial charge >= 0.3 is 0 Å². The van der Waals surface area contributed by atoms with Crippen molar-refractivity contribution in [2.45, 2.75) is 46.6 Å². The maximum atomic E-state index is 6.18. The third-order valence-corrected chi connectivity index (χ3v) is 6.79. The van der Waals surface area contributed by atoms with E-state index in [1.807, 2.05) is 29.5 Å². The molecular weight excluding hydrogens is 342 g/mol. The molecule has 5 heteroatoms. The molecule has 0 radical (unpaired) electrons. The number of nitrogens with zero attached hydrogens (tertiary/aromatic N) is 2. The van der Waals surface area contributed by atoms with Crippen LogP contribution in [-0.2, 0) is 19.4 Å². The number of benzene rings is 1. The van der Waals surface area contributed by atoms with Crippen molar-refractivity contribution in [2.75, 3.05) is 7.11 Å². The molecule has 1 aliphatic carbocycles. The lowest BCUT2D eigenvalue weighted by Gasteiger charge is -2.33. The van der Waals surface area contributed by atoms with Crippen molar-refractivity contribution in [2.24, 2.45) is 17.1 Å². The summed E-state index contributed by atoms with van der Waals surface area (Å²) >= 11 is 1.83. The molecule has 0 spiro atoms. The number of methoxy groups -OCH3 is 1. The van der Waals surface area contributed by atoms with E-state index in [0.717, 1.165) is 46.4 Å². The van der Waals surface area contributed by atoms with E-state index in [-0.39, 0.29) is 0 Å². The number of hydrogen-bond acceptors (Lipinski definition) is 4. The lowest BCUT2D eigenvalue weighted by molar-refractivity contribution is 0.216.